The monoisotopic (exact) mass is 473 g/mol. The highest BCUT2D eigenvalue weighted by Crippen LogP contribution is 2.37. The molecule has 0 fully saturated rings. The zero-order valence-electron chi connectivity index (χ0n) is 18.8. The van der Waals surface area contributed by atoms with Gasteiger partial charge in [-0.1, -0.05) is 78.4 Å². The van der Waals surface area contributed by atoms with Crippen molar-refractivity contribution in [3.05, 3.63) is 102 Å². The van der Waals surface area contributed by atoms with E-state index in [-0.39, 0.29) is 28.5 Å². The molecule has 0 atom stereocenters. The molecule has 4 rings (SSSR count). The van der Waals surface area contributed by atoms with E-state index in [1.165, 1.54) is 12.1 Å². The number of aromatic nitrogens is 1. The molecule has 0 amide bonds. The summed E-state index contributed by atoms with van der Waals surface area (Å²) in [6.07, 6.45) is 0. The Morgan fingerprint density at radius 2 is 1.44 bits per heavy atom. The van der Waals surface area contributed by atoms with E-state index < -0.39 is 16.1 Å². The van der Waals surface area contributed by atoms with E-state index in [9.17, 15) is 13.2 Å². The van der Waals surface area contributed by atoms with E-state index in [0.29, 0.717) is 16.8 Å². The van der Waals surface area contributed by atoms with E-state index in [1.54, 1.807) is 49.4 Å². The van der Waals surface area contributed by atoms with Crippen LogP contribution in [0.3, 0.4) is 0 Å². The molecule has 0 unspecified atom stereocenters. The Morgan fingerprint density at radius 1 is 0.853 bits per heavy atom. The average molecular weight is 474 g/mol. The molecule has 0 spiro atoms. The van der Waals surface area contributed by atoms with Crippen molar-refractivity contribution in [1.82, 2.24) is 4.98 Å². The van der Waals surface area contributed by atoms with Gasteiger partial charge in [0.25, 0.3) is 0 Å². The van der Waals surface area contributed by atoms with Crippen LogP contribution in [0, 0.1) is 6.92 Å². The van der Waals surface area contributed by atoms with Crippen LogP contribution in [0.15, 0.2) is 95.9 Å². The molecule has 0 bridgehead atoms. The zero-order chi connectivity index (χ0) is 24.1. The second-order valence-electron chi connectivity index (χ2n) is 7.54. The summed E-state index contributed by atoms with van der Waals surface area (Å²) in [6.45, 7) is 3.73. The molecule has 0 saturated heterocycles. The zero-order valence-corrected chi connectivity index (χ0v) is 19.6. The van der Waals surface area contributed by atoms with E-state index in [0.717, 1.165) is 5.56 Å². The van der Waals surface area contributed by atoms with Gasteiger partial charge >= 0.3 is 16.1 Å². The van der Waals surface area contributed by atoms with Crippen LogP contribution in [0.2, 0.25) is 0 Å². The van der Waals surface area contributed by atoms with E-state index >= 15 is 0 Å². The number of nitrogens with zero attached hydrogens (tertiary/aromatic N) is 1. The van der Waals surface area contributed by atoms with Gasteiger partial charge in [0.1, 0.15) is 4.90 Å². The van der Waals surface area contributed by atoms with Crippen LogP contribution in [0.4, 0.5) is 0 Å². The Kier molecular flexibility index (Phi) is 6.75. The van der Waals surface area contributed by atoms with Crippen molar-refractivity contribution in [3.63, 3.8) is 0 Å². The highest BCUT2D eigenvalue weighted by molar-refractivity contribution is 7.87. The fourth-order valence-corrected chi connectivity index (χ4v) is 4.34. The minimum absolute atomic E-state index is 0.0123. The van der Waals surface area contributed by atoms with Crippen molar-refractivity contribution in [2.24, 2.45) is 0 Å². The number of esters is 1. The standard InChI is InChI=1S/C27H23NO5S/c1-3-32-27(29)23-18-24(20-10-6-4-7-11-20)28-26(25(23)21-12-8-5-9-13-21)33-34(30,31)22-16-14-19(2)15-17-22/h4-18H,3H2,1-2H3. The molecule has 4 aromatic rings. The number of ether oxygens (including phenoxy) is 1. The second-order valence-corrected chi connectivity index (χ2v) is 9.08. The maximum atomic E-state index is 13.2. The van der Waals surface area contributed by atoms with E-state index in [1.807, 2.05) is 43.3 Å². The first-order chi connectivity index (χ1) is 16.4. The van der Waals surface area contributed by atoms with Gasteiger partial charge in [-0.3, -0.25) is 0 Å². The molecule has 0 radical (unpaired) electrons. The maximum absolute atomic E-state index is 13.2. The maximum Gasteiger partial charge on any atom is 0.340 e. The molecule has 6 nitrogen and oxygen atoms in total. The van der Waals surface area contributed by atoms with Crippen LogP contribution in [-0.2, 0) is 14.9 Å². The minimum Gasteiger partial charge on any atom is -0.462 e. The van der Waals surface area contributed by atoms with Crippen molar-refractivity contribution in [2.45, 2.75) is 18.7 Å². The number of aryl methyl sites for hydroxylation is 1. The molecular formula is C27H23NO5S. The predicted octanol–water partition coefficient (Wildman–Crippen LogP) is 5.67. The lowest BCUT2D eigenvalue weighted by Crippen LogP contribution is -2.14. The topological polar surface area (TPSA) is 82.6 Å². The molecule has 172 valence electrons. The van der Waals surface area contributed by atoms with Crippen molar-refractivity contribution >= 4 is 16.1 Å². The Hall–Kier alpha value is -3.97. The van der Waals surface area contributed by atoms with Crippen LogP contribution in [0.5, 0.6) is 5.88 Å². The summed E-state index contributed by atoms with van der Waals surface area (Å²) in [4.78, 5) is 17.5. The van der Waals surface area contributed by atoms with Gasteiger partial charge in [0.2, 0.25) is 5.88 Å². The van der Waals surface area contributed by atoms with E-state index in [4.69, 9.17) is 8.92 Å². The molecule has 0 aliphatic rings. The lowest BCUT2D eigenvalue weighted by molar-refractivity contribution is 0.0527. The Morgan fingerprint density at radius 3 is 2.03 bits per heavy atom. The molecular weight excluding hydrogens is 450 g/mol. The van der Waals surface area contributed by atoms with Crippen molar-refractivity contribution in [3.8, 4) is 28.3 Å². The fourth-order valence-electron chi connectivity index (χ4n) is 3.45. The summed E-state index contributed by atoms with van der Waals surface area (Å²) < 4.78 is 37.2. The molecule has 0 aliphatic carbocycles. The molecule has 0 N–H and O–H groups in total. The minimum atomic E-state index is -4.23. The van der Waals surface area contributed by atoms with Crippen LogP contribution >= 0.6 is 0 Å². The van der Waals surface area contributed by atoms with Gasteiger partial charge in [0.15, 0.2) is 0 Å². The van der Waals surface area contributed by atoms with Gasteiger partial charge < -0.3 is 8.92 Å². The smallest absolute Gasteiger partial charge is 0.340 e. The summed E-state index contributed by atoms with van der Waals surface area (Å²) >= 11 is 0. The predicted molar refractivity (Wildman–Crippen MR) is 130 cm³/mol. The SMILES string of the molecule is CCOC(=O)c1cc(-c2ccccc2)nc(OS(=O)(=O)c2ccc(C)cc2)c1-c1ccccc1. The van der Waals surface area contributed by atoms with Gasteiger partial charge in [0.05, 0.1) is 23.4 Å². The molecule has 0 aliphatic heterocycles. The summed E-state index contributed by atoms with van der Waals surface area (Å²) in [6, 6.07) is 26.0. The highest BCUT2D eigenvalue weighted by Gasteiger charge is 2.26. The van der Waals surface area contributed by atoms with Crippen LogP contribution in [-0.4, -0.2) is 26.0 Å². The lowest BCUT2D eigenvalue weighted by Gasteiger charge is -2.16. The normalized spacial score (nSPS) is 11.1. The second kappa shape index (κ2) is 9.89. The number of hydrogen-bond acceptors (Lipinski definition) is 6. The first-order valence-electron chi connectivity index (χ1n) is 10.7. The Balaban J connectivity index is 1.96. The van der Waals surface area contributed by atoms with Gasteiger partial charge in [-0.2, -0.15) is 8.42 Å². The van der Waals surface area contributed by atoms with Gasteiger partial charge in [-0.05, 0) is 37.6 Å². The summed E-state index contributed by atoms with van der Waals surface area (Å²) in [5.74, 6) is -0.797. The van der Waals surface area contributed by atoms with E-state index in [2.05, 4.69) is 4.98 Å². The lowest BCUT2D eigenvalue weighted by atomic mass is 9.99. The number of benzene rings is 3. The summed E-state index contributed by atoms with van der Waals surface area (Å²) in [5.41, 5.74) is 2.98. The first-order valence-corrected chi connectivity index (χ1v) is 12.1. The van der Waals surface area contributed by atoms with Crippen molar-refractivity contribution in [2.75, 3.05) is 6.61 Å². The van der Waals surface area contributed by atoms with Gasteiger partial charge in [0, 0.05) is 5.56 Å². The molecule has 34 heavy (non-hydrogen) atoms. The average Bonchev–Trinajstić information content (AvgIpc) is 2.85. The molecule has 3 aromatic carbocycles. The van der Waals surface area contributed by atoms with Crippen LogP contribution in [0.25, 0.3) is 22.4 Å². The number of carbonyl (C=O) groups is 1. The molecule has 7 heteroatoms. The fraction of sp³-hybridized carbons (Fsp3) is 0.111. The number of carbonyl (C=O) groups excluding carboxylic acids is 1. The largest absolute Gasteiger partial charge is 0.462 e. The quantitative estimate of drug-likeness (QED) is 0.254. The van der Waals surface area contributed by atoms with Crippen molar-refractivity contribution in [1.29, 1.82) is 0 Å². The highest BCUT2D eigenvalue weighted by atomic mass is 32.2. The molecule has 1 aromatic heterocycles. The summed E-state index contributed by atoms with van der Waals surface area (Å²) in [5, 5.41) is 0. The van der Waals surface area contributed by atoms with Gasteiger partial charge in [-0.15, -0.1) is 0 Å². The number of rotatable bonds is 7. The number of hydrogen-bond donors (Lipinski definition) is 0. The number of pyridine rings is 1. The van der Waals surface area contributed by atoms with Gasteiger partial charge in [-0.25, -0.2) is 9.78 Å². The Labute approximate surface area is 199 Å². The Bertz CT molecular complexity index is 1400. The van der Waals surface area contributed by atoms with Crippen LogP contribution in [0.1, 0.15) is 22.8 Å². The van der Waals surface area contributed by atoms with Crippen LogP contribution < -0.4 is 4.18 Å². The third-order valence-corrected chi connectivity index (χ3v) is 6.34. The third kappa shape index (κ3) is 5.00. The third-order valence-electron chi connectivity index (χ3n) is 5.11. The summed E-state index contributed by atoms with van der Waals surface area (Å²) in [7, 11) is -4.23. The molecule has 1 heterocycles. The van der Waals surface area contributed by atoms with Crippen molar-refractivity contribution < 1.29 is 22.1 Å². The molecule has 0 saturated carbocycles. The first kappa shape index (κ1) is 23.2.